The first-order valence-corrected chi connectivity index (χ1v) is 2.81. The highest BCUT2D eigenvalue weighted by molar-refractivity contribution is 5.68. The van der Waals surface area contributed by atoms with E-state index in [1.54, 1.807) is 0 Å². The van der Waals surface area contributed by atoms with Gasteiger partial charge in [-0.05, 0) is 13.8 Å². The van der Waals surface area contributed by atoms with Gasteiger partial charge in [-0.1, -0.05) is 0 Å². The third-order valence-electron chi connectivity index (χ3n) is 0.944. The molecule has 0 spiro atoms. The Bertz CT molecular complexity index is 139. The van der Waals surface area contributed by atoms with Gasteiger partial charge in [0.1, 0.15) is 5.60 Å². The van der Waals surface area contributed by atoms with E-state index in [1.165, 1.54) is 13.8 Å². The van der Waals surface area contributed by atoms with Crippen LogP contribution in [0.3, 0.4) is 0 Å². The van der Waals surface area contributed by atoms with Gasteiger partial charge in [0.25, 0.3) is 6.47 Å². The van der Waals surface area contributed by atoms with Crippen LogP contribution in [0.2, 0.25) is 0 Å². The molecule has 0 aromatic rings. The van der Waals surface area contributed by atoms with E-state index < -0.39 is 11.6 Å². The van der Waals surface area contributed by atoms with E-state index in [0.29, 0.717) is 0 Å². The number of hydrogen-bond donors (Lipinski definition) is 1. The summed E-state index contributed by atoms with van der Waals surface area (Å²) < 4.78 is 4.48. The summed E-state index contributed by atoms with van der Waals surface area (Å²) in [5.41, 5.74) is -0.895. The fourth-order valence-corrected chi connectivity index (χ4v) is 0.536. The van der Waals surface area contributed by atoms with E-state index in [4.69, 9.17) is 5.11 Å². The van der Waals surface area contributed by atoms with E-state index in [0.717, 1.165) is 0 Å². The monoisotopic (exact) mass is 146 g/mol. The van der Waals surface area contributed by atoms with Crippen LogP contribution in [0, 0.1) is 0 Å². The summed E-state index contributed by atoms with van der Waals surface area (Å²) in [5.74, 6) is -0.980. The van der Waals surface area contributed by atoms with Crippen molar-refractivity contribution in [3.63, 3.8) is 0 Å². The highest BCUT2D eigenvalue weighted by Gasteiger charge is 2.22. The third-order valence-corrected chi connectivity index (χ3v) is 0.944. The van der Waals surface area contributed by atoms with Gasteiger partial charge in [0, 0.05) is 0 Å². The molecule has 0 aliphatic rings. The van der Waals surface area contributed by atoms with E-state index >= 15 is 0 Å². The van der Waals surface area contributed by atoms with E-state index in [9.17, 15) is 9.59 Å². The third kappa shape index (κ3) is 3.88. The number of ether oxygens (including phenoxy) is 1. The highest BCUT2D eigenvalue weighted by Crippen LogP contribution is 2.11. The molecule has 0 radical (unpaired) electrons. The number of carboxylic acid groups (broad SMARTS) is 1. The zero-order chi connectivity index (χ0) is 8.20. The molecule has 4 nitrogen and oxygen atoms in total. The average molecular weight is 146 g/mol. The Morgan fingerprint density at radius 3 is 2.50 bits per heavy atom. The first-order valence-electron chi connectivity index (χ1n) is 2.81. The van der Waals surface area contributed by atoms with Crippen LogP contribution < -0.4 is 0 Å². The molecule has 0 aliphatic heterocycles. The fourth-order valence-electron chi connectivity index (χ4n) is 0.536. The Morgan fingerprint density at radius 1 is 1.70 bits per heavy atom. The minimum atomic E-state index is -0.980. The molecule has 0 fully saturated rings. The Morgan fingerprint density at radius 2 is 2.20 bits per heavy atom. The first kappa shape index (κ1) is 8.94. The summed E-state index contributed by atoms with van der Waals surface area (Å²) in [4.78, 5) is 19.9. The lowest BCUT2D eigenvalue weighted by molar-refractivity contribution is -0.149. The predicted molar refractivity (Wildman–Crippen MR) is 33.5 cm³/mol. The van der Waals surface area contributed by atoms with Crippen molar-refractivity contribution in [2.24, 2.45) is 0 Å². The maximum Gasteiger partial charge on any atom is 0.307 e. The molecule has 58 valence electrons. The largest absolute Gasteiger partial charge is 0.481 e. The molecular weight excluding hydrogens is 136 g/mol. The molecule has 4 heteroatoms. The second-order valence-corrected chi connectivity index (χ2v) is 2.54. The van der Waals surface area contributed by atoms with Crippen LogP contribution in [0.5, 0.6) is 0 Å². The Balaban J connectivity index is 3.85. The predicted octanol–water partition coefficient (Wildman–Crippen LogP) is 0.413. The topological polar surface area (TPSA) is 63.6 Å². The smallest absolute Gasteiger partial charge is 0.307 e. The normalized spacial score (nSPS) is 10.6. The molecule has 1 N–H and O–H groups in total. The maximum atomic E-state index is 10.1. The van der Waals surface area contributed by atoms with Crippen LogP contribution in [-0.2, 0) is 14.3 Å². The minimum absolute atomic E-state index is 0.175. The van der Waals surface area contributed by atoms with Gasteiger partial charge in [0.15, 0.2) is 0 Å². The molecule has 0 aliphatic carbocycles. The molecule has 0 rings (SSSR count). The van der Waals surface area contributed by atoms with Crippen molar-refractivity contribution in [1.29, 1.82) is 0 Å². The lowest BCUT2D eigenvalue weighted by atomic mass is 10.1. The number of carbonyl (C=O) groups excluding carboxylic acids is 1. The van der Waals surface area contributed by atoms with Crippen LogP contribution in [0.4, 0.5) is 0 Å². The van der Waals surface area contributed by atoms with Crippen molar-refractivity contribution >= 4 is 12.4 Å². The van der Waals surface area contributed by atoms with E-state index in [-0.39, 0.29) is 12.9 Å². The van der Waals surface area contributed by atoms with Crippen molar-refractivity contribution in [1.82, 2.24) is 0 Å². The van der Waals surface area contributed by atoms with Crippen LogP contribution in [-0.4, -0.2) is 23.1 Å². The quantitative estimate of drug-likeness (QED) is 0.583. The van der Waals surface area contributed by atoms with Gasteiger partial charge in [0.2, 0.25) is 0 Å². The van der Waals surface area contributed by atoms with Gasteiger partial charge in [-0.15, -0.1) is 0 Å². The minimum Gasteiger partial charge on any atom is -0.481 e. The van der Waals surface area contributed by atoms with Crippen molar-refractivity contribution in [2.45, 2.75) is 25.9 Å². The molecular formula is C6H10O4. The number of hydrogen-bond acceptors (Lipinski definition) is 3. The van der Waals surface area contributed by atoms with Crippen LogP contribution in [0.1, 0.15) is 20.3 Å². The van der Waals surface area contributed by atoms with Gasteiger partial charge >= 0.3 is 5.97 Å². The van der Waals surface area contributed by atoms with Gasteiger partial charge < -0.3 is 9.84 Å². The van der Waals surface area contributed by atoms with Gasteiger partial charge in [-0.2, -0.15) is 0 Å². The molecule has 0 saturated heterocycles. The summed E-state index contributed by atoms with van der Waals surface area (Å²) in [6.07, 6.45) is -0.175. The highest BCUT2D eigenvalue weighted by atomic mass is 16.5. The summed E-state index contributed by atoms with van der Waals surface area (Å²) >= 11 is 0. The lowest BCUT2D eigenvalue weighted by Gasteiger charge is -2.19. The zero-order valence-corrected chi connectivity index (χ0v) is 5.96. The number of aliphatic carboxylic acids is 1. The first-order chi connectivity index (χ1) is 4.48. The summed E-state index contributed by atoms with van der Waals surface area (Å²) in [6, 6.07) is 0. The number of carbonyl (C=O) groups is 2. The molecule has 0 aromatic carbocycles. The lowest BCUT2D eigenvalue weighted by Crippen LogP contribution is -2.27. The number of rotatable bonds is 4. The summed E-state index contributed by atoms with van der Waals surface area (Å²) in [5, 5.41) is 8.28. The number of carboxylic acids is 1. The van der Waals surface area contributed by atoms with Crippen molar-refractivity contribution in [3.05, 3.63) is 0 Å². The van der Waals surface area contributed by atoms with Crippen LogP contribution in [0.15, 0.2) is 0 Å². The molecule has 0 bridgehead atoms. The molecule has 0 aromatic heterocycles. The maximum absolute atomic E-state index is 10.1. The van der Waals surface area contributed by atoms with E-state index in [2.05, 4.69) is 4.74 Å². The van der Waals surface area contributed by atoms with Crippen molar-refractivity contribution < 1.29 is 19.4 Å². The van der Waals surface area contributed by atoms with Crippen LogP contribution in [0.25, 0.3) is 0 Å². The molecule has 0 unspecified atom stereocenters. The van der Waals surface area contributed by atoms with Gasteiger partial charge in [-0.25, -0.2) is 0 Å². The van der Waals surface area contributed by atoms with E-state index in [1.807, 2.05) is 0 Å². The molecule has 0 amide bonds. The van der Waals surface area contributed by atoms with Crippen LogP contribution >= 0.6 is 0 Å². The Labute approximate surface area is 58.8 Å². The standard InChI is InChI=1S/C6H10O4/c1-6(2,10-4-7)3-5(8)9/h4H,3H2,1-2H3,(H,8,9). The second-order valence-electron chi connectivity index (χ2n) is 2.54. The SMILES string of the molecule is CC(C)(CC(=O)O)OC=O. The van der Waals surface area contributed by atoms with Gasteiger partial charge in [-0.3, -0.25) is 9.59 Å². The van der Waals surface area contributed by atoms with Crippen molar-refractivity contribution in [3.8, 4) is 0 Å². The van der Waals surface area contributed by atoms with Gasteiger partial charge in [0.05, 0.1) is 6.42 Å². The zero-order valence-electron chi connectivity index (χ0n) is 5.96. The average Bonchev–Trinajstić information content (AvgIpc) is 1.59. The van der Waals surface area contributed by atoms with Crippen molar-refractivity contribution in [2.75, 3.05) is 0 Å². The Hall–Kier alpha value is -1.06. The fraction of sp³-hybridized carbons (Fsp3) is 0.667. The molecule has 10 heavy (non-hydrogen) atoms. The summed E-state index contributed by atoms with van der Waals surface area (Å²) in [7, 11) is 0. The molecule has 0 atom stereocenters. The Kier molecular flexibility index (Phi) is 2.86. The second kappa shape index (κ2) is 3.20. The summed E-state index contributed by atoms with van der Waals surface area (Å²) in [6.45, 7) is 3.33. The molecule has 0 saturated carbocycles. The molecule has 0 heterocycles.